The van der Waals surface area contributed by atoms with Crippen LogP contribution in [0.3, 0.4) is 0 Å². The summed E-state index contributed by atoms with van der Waals surface area (Å²) in [5.41, 5.74) is 2.45. The summed E-state index contributed by atoms with van der Waals surface area (Å²) in [4.78, 5) is 6.85. The highest BCUT2D eigenvalue weighted by Crippen LogP contribution is 2.28. The molecular weight excluding hydrogens is 256 g/mol. The van der Waals surface area contributed by atoms with Gasteiger partial charge in [0.05, 0.1) is 18.5 Å². The number of alkyl halides is 1. The second kappa shape index (κ2) is 4.84. The molecule has 0 aromatic carbocycles. The van der Waals surface area contributed by atoms with Crippen LogP contribution in [0, 0.1) is 0 Å². The van der Waals surface area contributed by atoms with Crippen LogP contribution in [0.5, 0.6) is 5.88 Å². The minimum absolute atomic E-state index is 0.719. The number of pyridine rings is 1. The largest absolute Gasteiger partial charge is 0.481 e. The first-order valence-corrected chi connectivity index (χ1v) is 6.32. The van der Waals surface area contributed by atoms with Gasteiger partial charge in [-0.1, -0.05) is 15.9 Å². The summed E-state index contributed by atoms with van der Waals surface area (Å²) in [5, 5.41) is 1.06. The van der Waals surface area contributed by atoms with Crippen molar-refractivity contribution in [1.29, 1.82) is 0 Å². The van der Waals surface area contributed by atoms with Gasteiger partial charge in [-0.2, -0.15) is 0 Å². The number of ether oxygens (including phenoxy) is 1. The zero-order valence-electron chi connectivity index (χ0n) is 8.87. The second-order valence-electron chi connectivity index (χ2n) is 3.60. The van der Waals surface area contributed by atoms with Crippen LogP contribution in [0.25, 0.3) is 0 Å². The van der Waals surface area contributed by atoms with Crippen molar-refractivity contribution in [3.8, 4) is 5.88 Å². The number of hydrogen-bond acceptors (Lipinski definition) is 3. The van der Waals surface area contributed by atoms with Crippen LogP contribution in [0.4, 0.5) is 5.69 Å². The molecule has 0 amide bonds. The molecule has 0 saturated heterocycles. The van der Waals surface area contributed by atoms with Crippen molar-refractivity contribution in [1.82, 2.24) is 4.98 Å². The average Bonchev–Trinajstić information content (AvgIpc) is 2.68. The Morgan fingerprint density at radius 1 is 1.53 bits per heavy atom. The highest BCUT2D eigenvalue weighted by Gasteiger charge is 2.19. The van der Waals surface area contributed by atoms with Crippen molar-refractivity contribution < 1.29 is 4.74 Å². The minimum Gasteiger partial charge on any atom is -0.481 e. The third-order valence-corrected chi connectivity index (χ3v) is 3.22. The number of methoxy groups -OCH3 is 1. The fraction of sp³-hybridized carbons (Fsp3) is 0.545. The first kappa shape index (κ1) is 10.7. The molecule has 0 unspecified atom stereocenters. The molecule has 0 N–H and O–H groups in total. The Balaban J connectivity index is 2.13. The molecular formula is C11H15BrN2O. The van der Waals surface area contributed by atoms with Crippen LogP contribution in [0.15, 0.2) is 12.1 Å². The minimum atomic E-state index is 0.719. The van der Waals surface area contributed by atoms with Crippen molar-refractivity contribution in [2.24, 2.45) is 0 Å². The molecule has 3 nitrogen and oxygen atoms in total. The van der Waals surface area contributed by atoms with E-state index in [1.165, 1.54) is 17.8 Å². The summed E-state index contributed by atoms with van der Waals surface area (Å²) in [7, 11) is 1.66. The maximum Gasteiger partial charge on any atom is 0.213 e. The molecule has 0 saturated carbocycles. The fourth-order valence-electron chi connectivity index (χ4n) is 1.90. The molecule has 1 aliphatic heterocycles. The van der Waals surface area contributed by atoms with E-state index in [0.717, 1.165) is 30.7 Å². The molecule has 1 aromatic heterocycles. The number of halogens is 1. The smallest absolute Gasteiger partial charge is 0.213 e. The van der Waals surface area contributed by atoms with Gasteiger partial charge in [0.25, 0.3) is 0 Å². The zero-order chi connectivity index (χ0) is 10.7. The Labute approximate surface area is 98.6 Å². The first-order chi connectivity index (χ1) is 7.35. The normalized spacial score (nSPS) is 14.1. The summed E-state index contributed by atoms with van der Waals surface area (Å²) < 4.78 is 5.12. The SMILES string of the molecule is COc1ccc2c(n1)CCN2CCCBr. The number of fused-ring (bicyclic) bond motifs is 1. The van der Waals surface area contributed by atoms with Crippen molar-refractivity contribution in [2.45, 2.75) is 12.8 Å². The summed E-state index contributed by atoms with van der Waals surface area (Å²) in [6.45, 7) is 2.19. The van der Waals surface area contributed by atoms with E-state index in [1.807, 2.05) is 6.07 Å². The van der Waals surface area contributed by atoms with Crippen molar-refractivity contribution in [3.63, 3.8) is 0 Å². The molecule has 0 radical (unpaired) electrons. The molecule has 2 heterocycles. The van der Waals surface area contributed by atoms with Gasteiger partial charge < -0.3 is 9.64 Å². The molecule has 82 valence electrons. The maximum atomic E-state index is 5.12. The van der Waals surface area contributed by atoms with E-state index in [2.05, 4.69) is 31.9 Å². The van der Waals surface area contributed by atoms with E-state index in [0.29, 0.717) is 0 Å². The van der Waals surface area contributed by atoms with Gasteiger partial charge in [0.2, 0.25) is 5.88 Å². The molecule has 0 spiro atoms. The van der Waals surface area contributed by atoms with Crippen LogP contribution in [-0.2, 0) is 6.42 Å². The third kappa shape index (κ3) is 2.25. The maximum absolute atomic E-state index is 5.12. The number of aromatic nitrogens is 1. The quantitative estimate of drug-likeness (QED) is 0.785. The molecule has 4 heteroatoms. The van der Waals surface area contributed by atoms with E-state index >= 15 is 0 Å². The summed E-state index contributed by atoms with van der Waals surface area (Å²) >= 11 is 3.46. The zero-order valence-corrected chi connectivity index (χ0v) is 10.5. The van der Waals surface area contributed by atoms with Gasteiger partial charge in [-0.05, 0) is 12.5 Å². The van der Waals surface area contributed by atoms with Crippen LogP contribution in [-0.4, -0.2) is 30.5 Å². The third-order valence-electron chi connectivity index (χ3n) is 2.65. The number of nitrogens with zero attached hydrogens (tertiary/aromatic N) is 2. The average molecular weight is 271 g/mol. The lowest BCUT2D eigenvalue weighted by molar-refractivity contribution is 0.397. The summed E-state index contributed by atoms with van der Waals surface area (Å²) in [6.07, 6.45) is 2.21. The van der Waals surface area contributed by atoms with E-state index < -0.39 is 0 Å². The van der Waals surface area contributed by atoms with Crippen molar-refractivity contribution in [3.05, 3.63) is 17.8 Å². The lowest BCUT2D eigenvalue weighted by Crippen LogP contribution is -2.21. The Morgan fingerprint density at radius 3 is 3.13 bits per heavy atom. The summed E-state index contributed by atoms with van der Waals surface area (Å²) in [5.74, 6) is 0.719. The van der Waals surface area contributed by atoms with Gasteiger partial charge in [-0.25, -0.2) is 4.98 Å². The van der Waals surface area contributed by atoms with Crippen molar-refractivity contribution >= 4 is 21.6 Å². The Kier molecular flexibility index (Phi) is 3.46. The van der Waals surface area contributed by atoms with Crippen LogP contribution < -0.4 is 9.64 Å². The lowest BCUT2D eigenvalue weighted by atomic mass is 10.3. The highest BCUT2D eigenvalue weighted by molar-refractivity contribution is 9.09. The molecule has 0 fully saturated rings. The van der Waals surface area contributed by atoms with Gasteiger partial charge in [-0.15, -0.1) is 0 Å². The molecule has 0 aliphatic carbocycles. The number of hydrogen-bond donors (Lipinski definition) is 0. The lowest BCUT2D eigenvalue weighted by Gasteiger charge is -2.18. The molecule has 0 bridgehead atoms. The van der Waals surface area contributed by atoms with Crippen LogP contribution >= 0.6 is 15.9 Å². The van der Waals surface area contributed by atoms with Gasteiger partial charge >= 0.3 is 0 Å². The molecule has 15 heavy (non-hydrogen) atoms. The topological polar surface area (TPSA) is 25.4 Å². The number of anilines is 1. The predicted octanol–water partition coefficient (Wildman–Crippen LogP) is 2.24. The Morgan fingerprint density at radius 2 is 2.40 bits per heavy atom. The first-order valence-electron chi connectivity index (χ1n) is 5.20. The van der Waals surface area contributed by atoms with Gasteiger partial charge in [0.1, 0.15) is 0 Å². The Hall–Kier alpha value is -0.770. The van der Waals surface area contributed by atoms with Crippen molar-refractivity contribution in [2.75, 3.05) is 30.4 Å². The molecule has 1 aromatic rings. The monoisotopic (exact) mass is 270 g/mol. The molecule has 0 atom stereocenters. The van der Waals surface area contributed by atoms with E-state index in [-0.39, 0.29) is 0 Å². The van der Waals surface area contributed by atoms with Gasteiger partial charge in [0, 0.05) is 30.9 Å². The standard InChI is InChI=1S/C11H15BrN2O/c1-15-11-4-3-10-9(13-11)5-8-14(10)7-2-6-12/h3-4H,2,5-8H2,1H3. The van der Waals surface area contributed by atoms with E-state index in [9.17, 15) is 0 Å². The predicted molar refractivity (Wildman–Crippen MR) is 65.1 cm³/mol. The fourth-order valence-corrected chi connectivity index (χ4v) is 2.15. The number of rotatable bonds is 4. The van der Waals surface area contributed by atoms with Gasteiger partial charge in [-0.3, -0.25) is 0 Å². The van der Waals surface area contributed by atoms with E-state index in [1.54, 1.807) is 7.11 Å². The summed E-state index contributed by atoms with van der Waals surface area (Å²) in [6, 6.07) is 4.05. The molecule has 2 rings (SSSR count). The highest BCUT2D eigenvalue weighted by atomic mass is 79.9. The van der Waals surface area contributed by atoms with Crippen LogP contribution in [0.2, 0.25) is 0 Å². The van der Waals surface area contributed by atoms with Gasteiger partial charge in [0.15, 0.2) is 0 Å². The Bertz CT molecular complexity index is 343. The second-order valence-corrected chi connectivity index (χ2v) is 4.39. The van der Waals surface area contributed by atoms with E-state index in [4.69, 9.17) is 4.74 Å². The molecule has 1 aliphatic rings. The van der Waals surface area contributed by atoms with Crippen LogP contribution in [0.1, 0.15) is 12.1 Å².